The van der Waals surface area contributed by atoms with Crippen LogP contribution in [-0.4, -0.2) is 50.0 Å². The third-order valence-electron chi connectivity index (χ3n) is 10.4. The van der Waals surface area contributed by atoms with E-state index in [1.807, 2.05) is 0 Å². The molecule has 0 aromatic heterocycles. The van der Waals surface area contributed by atoms with Crippen molar-refractivity contribution in [2.24, 2.45) is 0 Å². The van der Waals surface area contributed by atoms with Crippen LogP contribution in [0, 0.1) is 13.8 Å². The number of amides is 4. The molecule has 0 fully saturated rings. The number of hydrogen-bond donors (Lipinski definition) is 2. The van der Waals surface area contributed by atoms with Crippen LogP contribution >= 0.6 is 0 Å². The van der Waals surface area contributed by atoms with Gasteiger partial charge in [0.1, 0.15) is 34.1 Å². The zero-order valence-electron chi connectivity index (χ0n) is 33.5. The lowest BCUT2D eigenvalue weighted by atomic mass is 10.1. The van der Waals surface area contributed by atoms with Gasteiger partial charge in [0, 0.05) is 0 Å². The Morgan fingerprint density at radius 3 is 1.18 bits per heavy atom. The highest BCUT2D eigenvalue weighted by Crippen LogP contribution is 2.46. The summed E-state index contributed by atoms with van der Waals surface area (Å²) in [6.45, 7) is 3.12. The van der Waals surface area contributed by atoms with E-state index in [4.69, 9.17) is 9.47 Å². The average molecular weight is 929 g/mol. The predicted octanol–water partition coefficient (Wildman–Crippen LogP) is 10.1. The van der Waals surface area contributed by atoms with Crippen LogP contribution in [0.5, 0.6) is 23.0 Å². The van der Waals surface area contributed by atoms with Crippen molar-refractivity contribution < 1.29 is 79.0 Å². The number of halogens is 6. The minimum atomic E-state index is -5.18. The number of rotatable bonds is 10. The van der Waals surface area contributed by atoms with E-state index in [2.05, 4.69) is 0 Å². The first-order chi connectivity index (χ1) is 31.0. The normalized spacial score (nSPS) is 13.7. The number of aromatic carboxylic acids is 2. The fourth-order valence-corrected chi connectivity index (χ4v) is 8.60. The predicted molar refractivity (Wildman–Crippen MR) is 219 cm³/mol. The smallest absolute Gasteiger partial charge is 0.420 e. The number of hydrogen-bond acceptors (Lipinski definition) is 9. The zero-order chi connectivity index (χ0) is 47.7. The molecule has 8 rings (SSSR count). The molecule has 13 nitrogen and oxygen atoms in total. The number of carboxylic acids is 2. The number of carbonyl (C=O) groups is 6. The number of alkyl halides is 6. The molecule has 0 aliphatic carbocycles. The Bertz CT molecular complexity index is 2980. The van der Waals surface area contributed by atoms with Gasteiger partial charge in [-0.2, -0.15) is 26.3 Å². The molecule has 334 valence electrons. The molecule has 6 aromatic carbocycles. The van der Waals surface area contributed by atoms with Crippen molar-refractivity contribution in [2.75, 3.05) is 9.80 Å². The maximum Gasteiger partial charge on any atom is 0.420 e. The number of carboxylic acid groups (broad SMARTS) is 2. The van der Waals surface area contributed by atoms with Crippen LogP contribution in [0.3, 0.4) is 0 Å². The number of benzene rings is 6. The van der Waals surface area contributed by atoms with E-state index in [1.165, 1.54) is 36.4 Å². The van der Waals surface area contributed by atoms with Crippen LogP contribution < -0.4 is 19.3 Å². The lowest BCUT2D eigenvalue weighted by Crippen LogP contribution is -2.29. The number of aryl methyl sites for hydroxylation is 2. The third-order valence-corrected chi connectivity index (χ3v) is 11.8. The Morgan fingerprint density at radius 1 is 0.485 bits per heavy atom. The zero-order valence-corrected chi connectivity index (χ0v) is 34.3. The second-order valence-corrected chi connectivity index (χ2v) is 16.2. The molecule has 2 aliphatic heterocycles. The number of fused-ring (bicyclic) bond motifs is 2. The number of ether oxygens (including phenoxy) is 2. The van der Waals surface area contributed by atoms with Gasteiger partial charge in [0.05, 0.1) is 65.3 Å². The van der Waals surface area contributed by atoms with E-state index in [9.17, 15) is 69.5 Å². The topological polar surface area (TPSA) is 185 Å². The van der Waals surface area contributed by atoms with E-state index in [-0.39, 0.29) is 43.2 Å². The largest absolute Gasteiger partial charge is 0.478 e. The lowest BCUT2D eigenvalue weighted by molar-refractivity contribution is -0.139. The first-order valence-electron chi connectivity index (χ1n) is 19.0. The molecule has 2 heterocycles. The standard InChI is InChI=1S/C46H26F6N2O11S/c1-21-3-11-35(64-33-13-7-25(19-31(33)45(47,48)49)53-39(55)27-9-5-23(43(59)60)17-29(27)41(53)57)37(15-21)66(63)38-16-22(2)4-12-36(38)65-34-14-8-26(20-32(34)46(50,51)52)54-40(56)28-10-6-24(44(61)62)18-30(28)42(54)58/h3-20H,1-2H3,(H,59,60)(H,61,62). The van der Waals surface area contributed by atoms with Gasteiger partial charge >= 0.3 is 24.3 Å². The molecule has 0 radical (unpaired) electrons. The summed E-state index contributed by atoms with van der Waals surface area (Å²) >= 11 is 0. The van der Waals surface area contributed by atoms with Crippen molar-refractivity contribution in [3.05, 3.63) is 165 Å². The Balaban J connectivity index is 1.13. The summed E-state index contributed by atoms with van der Waals surface area (Å²) in [6, 6.07) is 18.5. The molecular formula is C46H26F6N2O11S. The summed E-state index contributed by atoms with van der Waals surface area (Å²) in [6.07, 6.45) is -10.4. The second-order valence-electron chi connectivity index (χ2n) is 14.8. The summed E-state index contributed by atoms with van der Waals surface area (Å²) in [4.78, 5) is 76.3. The van der Waals surface area contributed by atoms with Crippen molar-refractivity contribution >= 4 is 57.7 Å². The maximum atomic E-state index is 14.7. The van der Waals surface area contributed by atoms with Gasteiger partial charge in [-0.05, 0) is 122 Å². The Kier molecular flexibility index (Phi) is 10.9. The van der Waals surface area contributed by atoms with Gasteiger partial charge in [0.2, 0.25) is 0 Å². The number of carbonyl (C=O) groups excluding carboxylic acids is 4. The van der Waals surface area contributed by atoms with Gasteiger partial charge in [-0.15, -0.1) is 0 Å². The molecule has 0 bridgehead atoms. The number of anilines is 2. The number of nitrogens with zero attached hydrogens (tertiary/aromatic N) is 2. The second kappa shape index (κ2) is 16.1. The van der Waals surface area contributed by atoms with Gasteiger partial charge in [0.25, 0.3) is 23.6 Å². The first-order valence-corrected chi connectivity index (χ1v) is 20.1. The van der Waals surface area contributed by atoms with Crippen LogP contribution in [0.2, 0.25) is 0 Å². The third kappa shape index (κ3) is 7.91. The Labute approximate surface area is 369 Å². The Morgan fingerprint density at radius 2 is 0.833 bits per heavy atom. The van der Waals surface area contributed by atoms with Crippen LogP contribution in [-0.2, 0) is 23.2 Å². The SMILES string of the molecule is Cc1ccc(Oc2ccc(N3C(=O)c4ccc(C(=O)O)cc4C3=O)cc2C(F)(F)F)c(S(=O)c2cc(C)ccc2Oc2ccc(N3C(=O)c4ccc(C(=O)O)cc4C3=O)cc2C(F)(F)F)c1. The fraction of sp³-hybridized carbons (Fsp3) is 0.0870. The molecule has 0 atom stereocenters. The van der Waals surface area contributed by atoms with Crippen molar-refractivity contribution in [2.45, 2.75) is 36.0 Å². The van der Waals surface area contributed by atoms with E-state index >= 15 is 0 Å². The van der Waals surface area contributed by atoms with Crippen molar-refractivity contribution in [1.29, 1.82) is 0 Å². The molecule has 0 unspecified atom stereocenters. The van der Waals surface area contributed by atoms with Crippen molar-refractivity contribution in [3.63, 3.8) is 0 Å². The summed E-state index contributed by atoms with van der Waals surface area (Å²) in [7, 11) is -2.47. The van der Waals surface area contributed by atoms with Gasteiger partial charge in [0.15, 0.2) is 0 Å². The van der Waals surface area contributed by atoms with Crippen molar-refractivity contribution in [1.82, 2.24) is 0 Å². The molecule has 20 heteroatoms. The van der Waals surface area contributed by atoms with E-state index in [1.54, 1.807) is 13.8 Å². The molecule has 2 aliphatic rings. The lowest BCUT2D eigenvalue weighted by Gasteiger charge is -2.21. The van der Waals surface area contributed by atoms with Crippen LogP contribution in [0.25, 0.3) is 0 Å². The van der Waals surface area contributed by atoms with E-state index in [0.717, 1.165) is 60.7 Å². The van der Waals surface area contributed by atoms with Crippen LogP contribution in [0.4, 0.5) is 37.7 Å². The highest BCUT2D eigenvalue weighted by molar-refractivity contribution is 7.85. The Hall–Kier alpha value is -8.13. The molecule has 2 N–H and O–H groups in total. The fourth-order valence-electron chi connectivity index (χ4n) is 7.20. The minimum absolute atomic E-state index is 0.239. The van der Waals surface area contributed by atoms with Crippen molar-refractivity contribution in [3.8, 4) is 23.0 Å². The summed E-state index contributed by atoms with van der Waals surface area (Å²) in [5.41, 5.74) is -4.98. The first kappa shape index (κ1) is 44.5. The number of imide groups is 2. The highest BCUT2D eigenvalue weighted by atomic mass is 32.2. The van der Waals surface area contributed by atoms with Gasteiger partial charge in [-0.3, -0.25) is 19.2 Å². The molecule has 66 heavy (non-hydrogen) atoms. The molecule has 0 saturated heterocycles. The van der Waals surface area contributed by atoms with E-state index < -0.39 is 104 Å². The minimum Gasteiger partial charge on any atom is -0.478 e. The summed E-state index contributed by atoms with van der Waals surface area (Å²) in [5, 5.41) is 18.7. The molecular weight excluding hydrogens is 903 g/mol. The van der Waals surface area contributed by atoms with Gasteiger partial charge in [-0.25, -0.2) is 23.6 Å². The average Bonchev–Trinajstić information content (AvgIpc) is 3.66. The highest BCUT2D eigenvalue weighted by Gasteiger charge is 2.42. The molecule has 6 aromatic rings. The monoisotopic (exact) mass is 928 g/mol. The van der Waals surface area contributed by atoms with E-state index in [0.29, 0.717) is 33.1 Å². The van der Waals surface area contributed by atoms with Crippen LogP contribution in [0.15, 0.2) is 119 Å². The maximum absolute atomic E-state index is 14.7. The van der Waals surface area contributed by atoms with Gasteiger partial charge in [-0.1, -0.05) is 12.1 Å². The van der Waals surface area contributed by atoms with Crippen LogP contribution in [0.1, 0.15) is 84.4 Å². The van der Waals surface area contributed by atoms with Gasteiger partial charge < -0.3 is 19.7 Å². The summed E-state index contributed by atoms with van der Waals surface area (Å²) in [5.74, 6) is -9.54. The summed E-state index contributed by atoms with van der Waals surface area (Å²) < 4.78 is 114. The quantitative estimate of drug-likeness (QED) is 0.0984. The molecule has 0 spiro atoms. The molecule has 0 saturated carbocycles. The molecule has 4 amide bonds.